The van der Waals surface area contributed by atoms with E-state index >= 15 is 0 Å². The van der Waals surface area contributed by atoms with Crippen molar-refractivity contribution in [3.8, 4) is 0 Å². The van der Waals surface area contributed by atoms with Crippen LogP contribution in [0.1, 0.15) is 47.1 Å². The lowest BCUT2D eigenvalue weighted by atomic mass is 10.0. The van der Waals surface area contributed by atoms with Crippen molar-refractivity contribution in [2.24, 2.45) is 0 Å². The summed E-state index contributed by atoms with van der Waals surface area (Å²) < 4.78 is 5.06. The second-order valence-corrected chi connectivity index (χ2v) is 9.23. The van der Waals surface area contributed by atoms with Crippen molar-refractivity contribution < 1.29 is 28.7 Å². The molecule has 0 aromatic heterocycles. The third kappa shape index (κ3) is 6.91. The fourth-order valence-corrected chi connectivity index (χ4v) is 3.66. The van der Waals surface area contributed by atoms with Gasteiger partial charge < -0.3 is 20.7 Å². The molecule has 3 rings (SSSR count). The van der Waals surface area contributed by atoms with Crippen LogP contribution in [0.25, 0.3) is 0 Å². The number of imide groups is 1. The molecule has 1 atom stereocenters. The lowest BCUT2D eigenvalue weighted by Crippen LogP contribution is -2.52. The Kier molecular flexibility index (Phi) is 8.42. The number of nitrogens with one attached hydrogen (secondary N) is 3. The normalized spacial score (nSPS) is 13.6. The van der Waals surface area contributed by atoms with Crippen LogP contribution < -0.4 is 16.0 Å². The highest BCUT2D eigenvalue weighted by Gasteiger charge is 2.42. The summed E-state index contributed by atoms with van der Waals surface area (Å²) >= 11 is 0. The molecule has 0 fully saturated rings. The van der Waals surface area contributed by atoms with Gasteiger partial charge in [0.05, 0.1) is 17.7 Å². The van der Waals surface area contributed by atoms with Gasteiger partial charge in [-0.2, -0.15) is 0 Å². The van der Waals surface area contributed by atoms with E-state index in [1.54, 1.807) is 45.0 Å². The fraction of sp³-hybridized carbons (Fsp3) is 0.346. The molecule has 10 nitrogen and oxygen atoms in total. The molecule has 0 saturated carbocycles. The summed E-state index contributed by atoms with van der Waals surface area (Å²) in [7, 11) is 0. The first-order valence-corrected chi connectivity index (χ1v) is 11.6. The molecule has 36 heavy (non-hydrogen) atoms. The van der Waals surface area contributed by atoms with Gasteiger partial charge in [0, 0.05) is 19.5 Å². The molecule has 190 valence electrons. The van der Waals surface area contributed by atoms with Gasteiger partial charge >= 0.3 is 6.09 Å². The monoisotopic (exact) mass is 494 g/mol. The summed E-state index contributed by atoms with van der Waals surface area (Å²) in [5, 5.41) is 7.61. The first kappa shape index (κ1) is 26.4. The molecule has 0 bridgehead atoms. The van der Waals surface area contributed by atoms with Crippen molar-refractivity contribution in [2.75, 3.05) is 19.6 Å². The minimum absolute atomic E-state index is 0.0610. The Bertz CT molecular complexity index is 1110. The van der Waals surface area contributed by atoms with Crippen molar-refractivity contribution in [3.63, 3.8) is 0 Å². The zero-order chi connectivity index (χ0) is 26.3. The van der Waals surface area contributed by atoms with Gasteiger partial charge in [0.15, 0.2) is 0 Å². The van der Waals surface area contributed by atoms with Crippen LogP contribution in [0.15, 0.2) is 54.6 Å². The van der Waals surface area contributed by atoms with Crippen molar-refractivity contribution in [2.45, 2.75) is 38.8 Å². The molecule has 1 heterocycles. The van der Waals surface area contributed by atoms with Gasteiger partial charge in [-0.3, -0.25) is 24.1 Å². The quantitative estimate of drug-likeness (QED) is 0.359. The summed E-state index contributed by atoms with van der Waals surface area (Å²) in [6.45, 7) is 4.99. The molecule has 1 aliphatic heterocycles. The molecule has 0 spiro atoms. The molecule has 5 amide bonds. The van der Waals surface area contributed by atoms with E-state index in [2.05, 4.69) is 16.0 Å². The number of carbonyl (C=O) groups excluding carboxylic acids is 5. The molecule has 0 radical (unpaired) electrons. The molecule has 0 saturated heterocycles. The fourth-order valence-electron chi connectivity index (χ4n) is 3.66. The average Bonchev–Trinajstić information content (AvgIpc) is 3.08. The second kappa shape index (κ2) is 11.5. The van der Waals surface area contributed by atoms with Gasteiger partial charge in [0.1, 0.15) is 11.6 Å². The van der Waals surface area contributed by atoms with Crippen molar-refractivity contribution >= 4 is 29.7 Å². The Morgan fingerprint density at radius 3 is 1.97 bits per heavy atom. The van der Waals surface area contributed by atoms with E-state index in [0.29, 0.717) is 0 Å². The maximum absolute atomic E-state index is 13.1. The standard InChI is InChI=1S/C26H30N4O6/c1-26(2,3)36-25(35)29-16-21(31)27-13-14-28-22(32)20(15-17-9-5-4-6-10-17)30-23(33)18-11-7-8-12-19(18)24(30)34/h4-12,20H,13-16H2,1-3H3,(H,27,31)(H,28,32)(H,29,35). The highest BCUT2D eigenvalue weighted by Crippen LogP contribution is 2.26. The van der Waals surface area contributed by atoms with Crippen LogP contribution in [0.4, 0.5) is 4.79 Å². The highest BCUT2D eigenvalue weighted by molar-refractivity contribution is 6.22. The number of alkyl carbamates (subject to hydrolysis) is 1. The lowest BCUT2D eigenvalue weighted by molar-refractivity contribution is -0.125. The number of amides is 5. The Morgan fingerprint density at radius 1 is 0.833 bits per heavy atom. The van der Waals surface area contributed by atoms with Crippen molar-refractivity contribution in [1.82, 2.24) is 20.9 Å². The molecule has 1 aliphatic rings. The number of nitrogens with zero attached hydrogens (tertiary/aromatic N) is 1. The maximum atomic E-state index is 13.1. The number of benzene rings is 2. The third-order valence-electron chi connectivity index (χ3n) is 5.25. The van der Waals surface area contributed by atoms with Gasteiger partial charge in [0.25, 0.3) is 11.8 Å². The zero-order valence-corrected chi connectivity index (χ0v) is 20.5. The van der Waals surface area contributed by atoms with Crippen molar-refractivity contribution in [1.29, 1.82) is 0 Å². The zero-order valence-electron chi connectivity index (χ0n) is 20.5. The average molecular weight is 495 g/mol. The Balaban J connectivity index is 1.57. The van der Waals surface area contributed by atoms with E-state index in [9.17, 15) is 24.0 Å². The summed E-state index contributed by atoms with van der Waals surface area (Å²) in [6.07, 6.45) is -0.569. The van der Waals surface area contributed by atoms with Crippen LogP contribution in [0, 0.1) is 0 Å². The first-order chi connectivity index (χ1) is 17.1. The minimum atomic E-state index is -1.07. The van der Waals surface area contributed by atoms with Gasteiger partial charge in [-0.25, -0.2) is 4.79 Å². The minimum Gasteiger partial charge on any atom is -0.444 e. The topological polar surface area (TPSA) is 134 Å². The first-order valence-electron chi connectivity index (χ1n) is 11.6. The molecule has 3 N–H and O–H groups in total. The SMILES string of the molecule is CC(C)(C)OC(=O)NCC(=O)NCCNC(=O)C(Cc1ccccc1)N1C(=O)c2ccccc2C1=O. The van der Waals surface area contributed by atoms with E-state index < -0.39 is 41.4 Å². The largest absolute Gasteiger partial charge is 0.444 e. The van der Waals surface area contributed by atoms with E-state index in [1.807, 2.05) is 30.3 Å². The van der Waals surface area contributed by atoms with E-state index in [1.165, 1.54) is 0 Å². The number of fused-ring (bicyclic) bond motifs is 1. The molecule has 2 aromatic carbocycles. The summed E-state index contributed by atoms with van der Waals surface area (Å²) in [4.78, 5) is 63.7. The maximum Gasteiger partial charge on any atom is 0.408 e. The smallest absolute Gasteiger partial charge is 0.408 e. The number of carbonyl (C=O) groups is 5. The highest BCUT2D eigenvalue weighted by atomic mass is 16.6. The van der Waals surface area contributed by atoms with Gasteiger partial charge in [-0.05, 0) is 38.5 Å². The lowest BCUT2D eigenvalue weighted by Gasteiger charge is -2.25. The molecular formula is C26H30N4O6. The third-order valence-corrected chi connectivity index (χ3v) is 5.25. The molecule has 10 heteroatoms. The summed E-state index contributed by atoms with van der Waals surface area (Å²) in [5.41, 5.74) is 0.632. The predicted molar refractivity (Wildman–Crippen MR) is 131 cm³/mol. The number of hydrogen-bond acceptors (Lipinski definition) is 6. The number of ether oxygens (including phenoxy) is 1. The van der Waals surface area contributed by atoms with Crippen LogP contribution in [0.2, 0.25) is 0 Å². The van der Waals surface area contributed by atoms with Gasteiger partial charge in [-0.1, -0.05) is 42.5 Å². The van der Waals surface area contributed by atoms with Crippen LogP contribution in [-0.4, -0.2) is 65.9 Å². The number of rotatable bonds is 9. The Morgan fingerprint density at radius 2 is 1.39 bits per heavy atom. The van der Waals surface area contributed by atoms with Crippen LogP contribution in [0.5, 0.6) is 0 Å². The number of hydrogen-bond donors (Lipinski definition) is 3. The van der Waals surface area contributed by atoms with E-state index in [-0.39, 0.29) is 37.2 Å². The Hall–Kier alpha value is -4.21. The van der Waals surface area contributed by atoms with Gasteiger partial charge in [0.2, 0.25) is 11.8 Å². The molecular weight excluding hydrogens is 464 g/mol. The van der Waals surface area contributed by atoms with Crippen LogP contribution in [-0.2, 0) is 20.7 Å². The van der Waals surface area contributed by atoms with Crippen molar-refractivity contribution in [3.05, 3.63) is 71.3 Å². The predicted octanol–water partition coefficient (Wildman–Crippen LogP) is 1.65. The summed E-state index contributed by atoms with van der Waals surface area (Å²) in [6, 6.07) is 14.5. The van der Waals surface area contributed by atoms with E-state index in [4.69, 9.17) is 4.74 Å². The molecule has 2 aromatic rings. The molecule has 0 aliphatic carbocycles. The molecule has 1 unspecified atom stereocenters. The van der Waals surface area contributed by atoms with Crippen LogP contribution >= 0.6 is 0 Å². The second-order valence-electron chi connectivity index (χ2n) is 9.23. The summed E-state index contributed by atoms with van der Waals surface area (Å²) in [5.74, 6) is -2.02. The van der Waals surface area contributed by atoms with Crippen LogP contribution in [0.3, 0.4) is 0 Å². The van der Waals surface area contributed by atoms with E-state index in [0.717, 1.165) is 10.5 Å². The van der Waals surface area contributed by atoms with Gasteiger partial charge in [-0.15, -0.1) is 0 Å². The Labute approximate surface area is 209 Å².